The lowest BCUT2D eigenvalue weighted by molar-refractivity contribution is 0.340. The predicted octanol–water partition coefficient (Wildman–Crippen LogP) is 2.76. The second-order valence-electron chi connectivity index (χ2n) is 4.20. The van der Waals surface area contributed by atoms with Crippen LogP contribution in [0.15, 0.2) is 24.3 Å². The smallest absolute Gasteiger partial charge is 0.119 e. The highest BCUT2D eigenvalue weighted by Gasteiger charge is 2.23. The van der Waals surface area contributed by atoms with Crippen molar-refractivity contribution < 1.29 is 4.74 Å². The fourth-order valence-electron chi connectivity index (χ4n) is 2.22. The molecule has 2 rings (SSSR count). The first kappa shape index (κ1) is 10.5. The number of hydrogen-bond acceptors (Lipinski definition) is 2. The van der Waals surface area contributed by atoms with Gasteiger partial charge in [-0.25, -0.2) is 0 Å². The van der Waals surface area contributed by atoms with E-state index in [1.165, 1.54) is 12.0 Å². The fraction of sp³-hybridized carbons (Fsp3) is 0.538. The van der Waals surface area contributed by atoms with Crippen molar-refractivity contribution in [2.24, 2.45) is 5.92 Å². The Morgan fingerprint density at radius 3 is 2.60 bits per heavy atom. The van der Waals surface area contributed by atoms with Crippen LogP contribution in [0.3, 0.4) is 0 Å². The van der Waals surface area contributed by atoms with Gasteiger partial charge in [0, 0.05) is 6.04 Å². The van der Waals surface area contributed by atoms with Crippen molar-refractivity contribution in [3.8, 4) is 5.75 Å². The zero-order valence-electron chi connectivity index (χ0n) is 9.49. The third-order valence-corrected chi connectivity index (χ3v) is 3.08. The summed E-state index contributed by atoms with van der Waals surface area (Å²) in [5.74, 6) is 1.70. The lowest BCUT2D eigenvalue weighted by Gasteiger charge is -2.16. The van der Waals surface area contributed by atoms with Gasteiger partial charge in [0.15, 0.2) is 0 Å². The van der Waals surface area contributed by atoms with Gasteiger partial charge in [-0.2, -0.15) is 0 Å². The van der Waals surface area contributed by atoms with E-state index in [0.29, 0.717) is 6.04 Å². The van der Waals surface area contributed by atoms with Crippen LogP contribution in [0.2, 0.25) is 0 Å². The van der Waals surface area contributed by atoms with Crippen LogP contribution in [-0.4, -0.2) is 13.2 Å². The van der Waals surface area contributed by atoms with Gasteiger partial charge in [-0.3, -0.25) is 0 Å². The van der Waals surface area contributed by atoms with Crippen LogP contribution in [0.1, 0.15) is 31.9 Å². The van der Waals surface area contributed by atoms with Gasteiger partial charge < -0.3 is 10.1 Å². The summed E-state index contributed by atoms with van der Waals surface area (Å²) in [5, 5.41) is 3.53. The summed E-state index contributed by atoms with van der Waals surface area (Å²) in [6.45, 7) is 6.19. The number of ether oxygens (including phenoxy) is 1. The molecule has 82 valence electrons. The molecule has 0 saturated carbocycles. The molecule has 1 aliphatic heterocycles. The Kier molecular flexibility index (Phi) is 3.27. The van der Waals surface area contributed by atoms with E-state index >= 15 is 0 Å². The van der Waals surface area contributed by atoms with Gasteiger partial charge in [-0.1, -0.05) is 19.1 Å². The van der Waals surface area contributed by atoms with Crippen LogP contribution in [-0.2, 0) is 0 Å². The largest absolute Gasteiger partial charge is 0.494 e. The minimum absolute atomic E-state index is 0.528. The van der Waals surface area contributed by atoms with Gasteiger partial charge in [0.2, 0.25) is 0 Å². The Labute approximate surface area is 91.6 Å². The highest BCUT2D eigenvalue weighted by Crippen LogP contribution is 2.29. The first-order valence-corrected chi connectivity index (χ1v) is 5.77. The Morgan fingerprint density at radius 1 is 1.33 bits per heavy atom. The van der Waals surface area contributed by atoms with E-state index in [0.717, 1.165) is 24.8 Å². The highest BCUT2D eigenvalue weighted by molar-refractivity contribution is 5.29. The van der Waals surface area contributed by atoms with Crippen LogP contribution in [0, 0.1) is 5.92 Å². The van der Waals surface area contributed by atoms with Gasteiger partial charge in [0.05, 0.1) is 6.61 Å². The molecule has 2 nitrogen and oxygen atoms in total. The molecule has 0 aliphatic carbocycles. The zero-order chi connectivity index (χ0) is 10.7. The third-order valence-electron chi connectivity index (χ3n) is 3.08. The zero-order valence-corrected chi connectivity index (χ0v) is 9.49. The van der Waals surface area contributed by atoms with E-state index < -0.39 is 0 Å². The second-order valence-corrected chi connectivity index (χ2v) is 4.20. The van der Waals surface area contributed by atoms with Gasteiger partial charge in [-0.05, 0) is 43.5 Å². The second kappa shape index (κ2) is 4.67. The first-order chi connectivity index (χ1) is 7.31. The number of hydrogen-bond donors (Lipinski definition) is 1. The molecule has 15 heavy (non-hydrogen) atoms. The van der Waals surface area contributed by atoms with E-state index in [9.17, 15) is 0 Å². The third kappa shape index (κ3) is 2.32. The first-order valence-electron chi connectivity index (χ1n) is 5.77. The summed E-state index contributed by atoms with van der Waals surface area (Å²) < 4.78 is 5.43. The molecule has 1 fully saturated rings. The van der Waals surface area contributed by atoms with E-state index in [1.54, 1.807) is 0 Å². The van der Waals surface area contributed by atoms with Gasteiger partial charge in [-0.15, -0.1) is 0 Å². The molecular formula is C13H19NO. The van der Waals surface area contributed by atoms with E-state index in [2.05, 4.69) is 36.5 Å². The lowest BCUT2D eigenvalue weighted by Crippen LogP contribution is -2.16. The number of nitrogens with one attached hydrogen (secondary N) is 1. The van der Waals surface area contributed by atoms with Crippen LogP contribution in [0.25, 0.3) is 0 Å². The quantitative estimate of drug-likeness (QED) is 0.819. The SMILES string of the molecule is CCOc1ccc([C@@H]2NCC[C@@H]2C)cc1. The molecule has 0 radical (unpaired) electrons. The van der Waals surface area contributed by atoms with Crippen molar-refractivity contribution in [3.63, 3.8) is 0 Å². The lowest BCUT2D eigenvalue weighted by atomic mass is 9.96. The summed E-state index contributed by atoms with van der Waals surface area (Å²) in [7, 11) is 0. The maximum atomic E-state index is 5.43. The molecule has 2 atom stereocenters. The molecule has 1 heterocycles. The van der Waals surface area contributed by atoms with E-state index in [1.807, 2.05) is 6.92 Å². The monoisotopic (exact) mass is 205 g/mol. The highest BCUT2D eigenvalue weighted by atomic mass is 16.5. The standard InChI is InChI=1S/C13H19NO/c1-3-15-12-6-4-11(5-7-12)13-10(2)8-9-14-13/h4-7,10,13-14H,3,8-9H2,1-2H3/t10-,13+/m0/s1. The van der Waals surface area contributed by atoms with Crippen molar-refractivity contribution in [3.05, 3.63) is 29.8 Å². The van der Waals surface area contributed by atoms with Crippen LogP contribution >= 0.6 is 0 Å². The fourth-order valence-corrected chi connectivity index (χ4v) is 2.22. The van der Waals surface area contributed by atoms with Crippen molar-refractivity contribution in [2.45, 2.75) is 26.3 Å². The normalized spacial score (nSPS) is 25.5. The molecule has 2 heteroatoms. The molecule has 1 aromatic rings. The van der Waals surface area contributed by atoms with Crippen molar-refractivity contribution in [1.29, 1.82) is 0 Å². The maximum absolute atomic E-state index is 5.43. The van der Waals surface area contributed by atoms with E-state index in [4.69, 9.17) is 4.74 Å². The molecule has 0 bridgehead atoms. The van der Waals surface area contributed by atoms with Crippen molar-refractivity contribution in [2.75, 3.05) is 13.2 Å². The molecule has 1 aromatic carbocycles. The minimum atomic E-state index is 0.528. The molecular weight excluding hydrogens is 186 g/mol. The van der Waals surface area contributed by atoms with Crippen LogP contribution < -0.4 is 10.1 Å². The Morgan fingerprint density at radius 2 is 2.07 bits per heavy atom. The maximum Gasteiger partial charge on any atom is 0.119 e. The van der Waals surface area contributed by atoms with Gasteiger partial charge in [0.1, 0.15) is 5.75 Å². The molecule has 1 saturated heterocycles. The Bertz CT molecular complexity index is 307. The Hall–Kier alpha value is -1.02. The predicted molar refractivity (Wildman–Crippen MR) is 62.1 cm³/mol. The average molecular weight is 205 g/mol. The minimum Gasteiger partial charge on any atom is -0.494 e. The molecule has 0 spiro atoms. The van der Waals surface area contributed by atoms with Gasteiger partial charge >= 0.3 is 0 Å². The molecule has 0 aromatic heterocycles. The van der Waals surface area contributed by atoms with Gasteiger partial charge in [0.25, 0.3) is 0 Å². The molecule has 1 N–H and O–H groups in total. The topological polar surface area (TPSA) is 21.3 Å². The summed E-state index contributed by atoms with van der Waals surface area (Å²) in [6.07, 6.45) is 1.28. The molecule has 0 unspecified atom stereocenters. The molecule has 0 amide bonds. The number of benzene rings is 1. The summed E-state index contributed by atoms with van der Waals surface area (Å²) >= 11 is 0. The number of rotatable bonds is 3. The molecule has 1 aliphatic rings. The summed E-state index contributed by atoms with van der Waals surface area (Å²) in [5.41, 5.74) is 1.38. The summed E-state index contributed by atoms with van der Waals surface area (Å²) in [6, 6.07) is 8.99. The van der Waals surface area contributed by atoms with Crippen LogP contribution in [0.5, 0.6) is 5.75 Å². The van der Waals surface area contributed by atoms with E-state index in [-0.39, 0.29) is 0 Å². The average Bonchev–Trinajstić information content (AvgIpc) is 2.66. The van der Waals surface area contributed by atoms with Crippen LogP contribution in [0.4, 0.5) is 0 Å². The van der Waals surface area contributed by atoms with Crippen molar-refractivity contribution in [1.82, 2.24) is 5.32 Å². The Balaban J connectivity index is 2.09. The van der Waals surface area contributed by atoms with Crippen molar-refractivity contribution >= 4 is 0 Å². The summed E-state index contributed by atoms with van der Waals surface area (Å²) in [4.78, 5) is 0.